The summed E-state index contributed by atoms with van der Waals surface area (Å²) < 4.78 is 1.18. The van der Waals surface area contributed by atoms with Crippen molar-refractivity contribution in [1.29, 1.82) is 0 Å². The average molecular weight is 246 g/mol. The second-order valence-corrected chi connectivity index (χ2v) is 5.22. The van der Waals surface area contributed by atoms with Gasteiger partial charge in [-0.15, -0.1) is 11.3 Å². The van der Waals surface area contributed by atoms with E-state index in [-0.39, 0.29) is 6.04 Å². The van der Waals surface area contributed by atoms with Crippen LogP contribution in [0.25, 0.3) is 0 Å². The maximum Gasteiger partial charge on any atom is 0.0403 e. The molecule has 1 aliphatic carbocycles. The van der Waals surface area contributed by atoms with E-state index in [4.69, 9.17) is 5.73 Å². The zero-order valence-electron chi connectivity index (χ0n) is 6.79. The van der Waals surface area contributed by atoms with Crippen molar-refractivity contribution in [2.24, 2.45) is 11.7 Å². The standard InChI is InChI=1S/C9H12BrNS/c10-7-3-4-12-9(7)8(11)5-6-1-2-6/h3-4,6,8H,1-2,5,11H2. The average Bonchev–Trinajstić information content (AvgIpc) is 2.72. The number of hydrogen-bond donors (Lipinski definition) is 1. The molecule has 1 unspecified atom stereocenters. The van der Waals surface area contributed by atoms with E-state index in [1.165, 1.54) is 28.6 Å². The van der Waals surface area contributed by atoms with Crippen molar-refractivity contribution in [2.75, 3.05) is 0 Å². The van der Waals surface area contributed by atoms with E-state index >= 15 is 0 Å². The molecule has 0 spiro atoms. The van der Waals surface area contributed by atoms with Crippen molar-refractivity contribution in [3.05, 3.63) is 20.8 Å². The summed E-state index contributed by atoms with van der Waals surface area (Å²) in [4.78, 5) is 1.31. The number of halogens is 1. The molecule has 0 aromatic carbocycles. The topological polar surface area (TPSA) is 26.0 Å². The van der Waals surface area contributed by atoms with Crippen molar-refractivity contribution in [2.45, 2.75) is 25.3 Å². The van der Waals surface area contributed by atoms with E-state index in [2.05, 4.69) is 27.4 Å². The van der Waals surface area contributed by atoms with E-state index in [1.807, 2.05) is 0 Å². The van der Waals surface area contributed by atoms with Crippen LogP contribution >= 0.6 is 27.3 Å². The van der Waals surface area contributed by atoms with Gasteiger partial charge in [-0.2, -0.15) is 0 Å². The number of thiophene rings is 1. The largest absolute Gasteiger partial charge is 0.323 e. The van der Waals surface area contributed by atoms with Crippen LogP contribution < -0.4 is 5.73 Å². The fourth-order valence-electron chi connectivity index (χ4n) is 1.39. The summed E-state index contributed by atoms with van der Waals surface area (Å²) in [5.41, 5.74) is 6.06. The maximum atomic E-state index is 6.06. The maximum absolute atomic E-state index is 6.06. The van der Waals surface area contributed by atoms with Crippen LogP contribution in [0.2, 0.25) is 0 Å². The quantitative estimate of drug-likeness (QED) is 0.869. The van der Waals surface area contributed by atoms with E-state index < -0.39 is 0 Å². The summed E-state index contributed by atoms with van der Waals surface area (Å²) in [5, 5.41) is 2.09. The molecule has 1 aromatic rings. The molecule has 0 bridgehead atoms. The highest BCUT2D eigenvalue weighted by Gasteiger charge is 2.25. The molecule has 2 rings (SSSR count). The molecule has 0 radical (unpaired) electrons. The third kappa shape index (κ3) is 1.90. The van der Waals surface area contributed by atoms with Gasteiger partial charge < -0.3 is 5.73 Å². The molecule has 1 heterocycles. The number of hydrogen-bond acceptors (Lipinski definition) is 2. The molecule has 0 saturated heterocycles. The Kier molecular flexibility index (Phi) is 2.53. The molecule has 1 atom stereocenters. The van der Waals surface area contributed by atoms with Crippen molar-refractivity contribution in [3.63, 3.8) is 0 Å². The fraction of sp³-hybridized carbons (Fsp3) is 0.556. The normalized spacial score (nSPS) is 19.5. The van der Waals surface area contributed by atoms with Crippen molar-refractivity contribution >= 4 is 27.3 Å². The Balaban J connectivity index is 2.02. The SMILES string of the molecule is NC(CC1CC1)c1sccc1Br. The summed E-state index contributed by atoms with van der Waals surface area (Å²) in [6.07, 6.45) is 3.94. The molecular formula is C9H12BrNS. The fourth-order valence-corrected chi connectivity index (χ4v) is 3.07. The third-order valence-electron chi connectivity index (χ3n) is 2.27. The predicted molar refractivity (Wildman–Crippen MR) is 56.3 cm³/mol. The van der Waals surface area contributed by atoms with E-state index in [0.717, 1.165) is 5.92 Å². The van der Waals surface area contributed by atoms with Crippen LogP contribution in [0, 0.1) is 5.92 Å². The molecule has 12 heavy (non-hydrogen) atoms. The molecule has 66 valence electrons. The summed E-state index contributed by atoms with van der Waals surface area (Å²) >= 11 is 5.26. The Hall–Kier alpha value is 0.140. The highest BCUT2D eigenvalue weighted by atomic mass is 79.9. The minimum atomic E-state index is 0.256. The van der Waals surface area contributed by atoms with Crippen molar-refractivity contribution in [1.82, 2.24) is 0 Å². The van der Waals surface area contributed by atoms with E-state index in [0.29, 0.717) is 0 Å². The molecule has 2 N–H and O–H groups in total. The van der Waals surface area contributed by atoms with Gasteiger partial charge >= 0.3 is 0 Å². The summed E-state index contributed by atoms with van der Waals surface area (Å²) in [7, 11) is 0. The van der Waals surface area contributed by atoms with Gasteiger partial charge in [-0.1, -0.05) is 12.8 Å². The highest BCUT2D eigenvalue weighted by molar-refractivity contribution is 9.10. The third-order valence-corrected chi connectivity index (χ3v) is 4.27. The van der Waals surface area contributed by atoms with Gasteiger partial charge in [-0.25, -0.2) is 0 Å². The first-order valence-electron chi connectivity index (χ1n) is 4.26. The Morgan fingerprint density at radius 1 is 1.67 bits per heavy atom. The first kappa shape index (κ1) is 8.73. The lowest BCUT2D eigenvalue weighted by atomic mass is 10.1. The van der Waals surface area contributed by atoms with Gasteiger partial charge in [-0.3, -0.25) is 0 Å². The monoisotopic (exact) mass is 245 g/mol. The van der Waals surface area contributed by atoms with Gasteiger partial charge in [0.05, 0.1) is 0 Å². The smallest absolute Gasteiger partial charge is 0.0403 e. The van der Waals surface area contributed by atoms with Crippen LogP contribution in [0.5, 0.6) is 0 Å². The molecule has 1 fully saturated rings. The minimum absolute atomic E-state index is 0.256. The van der Waals surface area contributed by atoms with Crippen molar-refractivity contribution in [3.8, 4) is 0 Å². The van der Waals surface area contributed by atoms with E-state index in [1.54, 1.807) is 11.3 Å². The van der Waals surface area contributed by atoms with Crippen LogP contribution in [0.3, 0.4) is 0 Å². The number of nitrogens with two attached hydrogens (primary N) is 1. The van der Waals surface area contributed by atoms with Crippen molar-refractivity contribution < 1.29 is 0 Å². The van der Waals surface area contributed by atoms with E-state index in [9.17, 15) is 0 Å². The molecular weight excluding hydrogens is 234 g/mol. The molecule has 1 aliphatic rings. The predicted octanol–water partition coefficient (Wildman–Crippen LogP) is 3.31. The second-order valence-electron chi connectivity index (χ2n) is 3.42. The Morgan fingerprint density at radius 2 is 2.42 bits per heavy atom. The zero-order valence-corrected chi connectivity index (χ0v) is 9.20. The molecule has 1 nitrogen and oxygen atoms in total. The van der Waals surface area contributed by atoms with Crippen LogP contribution in [-0.4, -0.2) is 0 Å². The summed E-state index contributed by atoms with van der Waals surface area (Å²) in [6, 6.07) is 2.33. The molecule has 1 saturated carbocycles. The molecule has 3 heteroatoms. The van der Waals surface area contributed by atoms with Gasteiger partial charge in [-0.05, 0) is 39.7 Å². The lowest BCUT2D eigenvalue weighted by Gasteiger charge is -2.08. The second kappa shape index (κ2) is 3.48. The zero-order chi connectivity index (χ0) is 8.55. The van der Waals surface area contributed by atoms with Crippen LogP contribution in [0.15, 0.2) is 15.9 Å². The van der Waals surface area contributed by atoms with Crippen LogP contribution in [-0.2, 0) is 0 Å². The Bertz CT molecular complexity index is 267. The lowest BCUT2D eigenvalue weighted by Crippen LogP contribution is -2.09. The minimum Gasteiger partial charge on any atom is -0.323 e. The lowest BCUT2D eigenvalue weighted by molar-refractivity contribution is 0.603. The first-order valence-corrected chi connectivity index (χ1v) is 5.93. The summed E-state index contributed by atoms with van der Waals surface area (Å²) in [5.74, 6) is 0.911. The number of rotatable bonds is 3. The highest BCUT2D eigenvalue weighted by Crippen LogP contribution is 2.39. The van der Waals surface area contributed by atoms with Crippen LogP contribution in [0.1, 0.15) is 30.2 Å². The Labute approximate surface area is 85.1 Å². The first-order chi connectivity index (χ1) is 5.77. The van der Waals surface area contributed by atoms with Gasteiger partial charge in [0.2, 0.25) is 0 Å². The Morgan fingerprint density at radius 3 is 2.92 bits per heavy atom. The van der Waals surface area contributed by atoms with Gasteiger partial charge in [0, 0.05) is 15.4 Å². The molecule has 0 amide bonds. The van der Waals surface area contributed by atoms with Gasteiger partial charge in [0.15, 0.2) is 0 Å². The van der Waals surface area contributed by atoms with Crippen LogP contribution in [0.4, 0.5) is 0 Å². The molecule has 1 aromatic heterocycles. The summed E-state index contributed by atoms with van der Waals surface area (Å²) in [6.45, 7) is 0. The molecule has 0 aliphatic heterocycles. The van der Waals surface area contributed by atoms with Gasteiger partial charge in [0.25, 0.3) is 0 Å². The van der Waals surface area contributed by atoms with Gasteiger partial charge in [0.1, 0.15) is 0 Å².